The van der Waals surface area contributed by atoms with Gasteiger partial charge in [-0.25, -0.2) is 9.69 Å². The van der Waals surface area contributed by atoms with Crippen LogP contribution in [-0.2, 0) is 33.3 Å². The highest BCUT2D eigenvalue weighted by atomic mass is 127. The summed E-state index contributed by atoms with van der Waals surface area (Å²) >= 11 is 2.11. The lowest BCUT2D eigenvalue weighted by atomic mass is 9.42. The summed E-state index contributed by atoms with van der Waals surface area (Å²) in [7, 11) is 6.71. The molecule has 0 radical (unpaired) electrons. The number of nitrogens with zero attached hydrogens (tertiary/aromatic N) is 2. The number of esters is 1. The zero-order chi connectivity index (χ0) is 35.7. The number of benzene rings is 1. The van der Waals surface area contributed by atoms with Crippen LogP contribution in [0.2, 0.25) is 0 Å². The molecule has 12 nitrogen and oxygen atoms in total. The molecular weight excluding hydrogens is 759 g/mol. The van der Waals surface area contributed by atoms with Gasteiger partial charge in [-0.3, -0.25) is 14.5 Å². The van der Waals surface area contributed by atoms with Gasteiger partial charge in [0, 0.05) is 85.9 Å². The molecule has 5 aliphatic carbocycles. The summed E-state index contributed by atoms with van der Waals surface area (Å²) in [6.07, 6.45) is 0.792. The monoisotopic (exact) mass is 808 g/mol. The Bertz CT molecular complexity index is 1610. The van der Waals surface area contributed by atoms with Gasteiger partial charge in [0.25, 0.3) is 0 Å². The highest BCUT2D eigenvalue weighted by molar-refractivity contribution is 14.1. The van der Waals surface area contributed by atoms with Gasteiger partial charge in [-0.1, -0.05) is 13.8 Å². The minimum Gasteiger partial charge on any atom is -0.461 e. The van der Waals surface area contributed by atoms with E-state index in [1.54, 1.807) is 53.6 Å². The van der Waals surface area contributed by atoms with Crippen LogP contribution in [0.1, 0.15) is 56.3 Å². The molecule has 0 unspecified atom stereocenters. The van der Waals surface area contributed by atoms with Crippen molar-refractivity contribution >= 4 is 46.1 Å². The molecule has 14 atom stereocenters. The molecule has 50 heavy (non-hydrogen) atoms. The molecule has 7 fully saturated rings. The number of rotatable bonds is 9. The quantitative estimate of drug-likeness (QED) is 0.216. The normalized spacial score (nSPS) is 47.3. The second-order valence-electron chi connectivity index (χ2n) is 16.1. The second-order valence-corrected chi connectivity index (χ2v) is 17.3. The number of methoxy groups -OCH3 is 4. The summed E-state index contributed by atoms with van der Waals surface area (Å²) in [4.78, 5) is 43.6. The molecule has 2 N–H and O–H groups in total. The SMILES string of the molecule is CCN1C[C@]2(COC(=O)c3cc(I)ccc3N3C(=O)C[C@H](C)C3=O)CC[C@H](OC)[C@@]34[C@@H]5C[C@H]6[C@H](OC)[C@@H]5[C@](O)(C[C@@H]6OC)[C@](O)([C@@H](OC)[C@H]23)[C@@H]14. The molecular formula is C37H49IN2O10. The maximum Gasteiger partial charge on any atom is 0.340 e. The third-order valence-corrected chi connectivity index (χ3v) is 15.3. The van der Waals surface area contributed by atoms with Crippen molar-refractivity contribution in [1.29, 1.82) is 0 Å². The molecule has 7 aliphatic rings. The summed E-state index contributed by atoms with van der Waals surface area (Å²) in [5.74, 6) is -2.49. The van der Waals surface area contributed by atoms with Gasteiger partial charge in [0.2, 0.25) is 11.8 Å². The first kappa shape index (κ1) is 35.3. The van der Waals surface area contributed by atoms with Crippen LogP contribution in [0.5, 0.6) is 0 Å². The van der Waals surface area contributed by atoms with Gasteiger partial charge in [0.1, 0.15) is 11.2 Å². The summed E-state index contributed by atoms with van der Waals surface area (Å²) in [5.41, 5.74) is -4.18. The van der Waals surface area contributed by atoms with Crippen molar-refractivity contribution in [3.63, 3.8) is 0 Å². The molecule has 8 rings (SSSR count). The number of amides is 2. The summed E-state index contributed by atoms with van der Waals surface area (Å²) in [5, 5.41) is 26.6. The Hall–Kier alpha value is -1.72. The molecule has 0 aromatic heterocycles. The Morgan fingerprint density at radius 2 is 1.84 bits per heavy atom. The molecule has 1 aromatic rings. The highest BCUT2D eigenvalue weighted by Gasteiger charge is 2.91. The number of piperidine rings is 1. The molecule has 13 heteroatoms. The number of hydrogen-bond acceptors (Lipinski definition) is 11. The van der Waals surface area contributed by atoms with Crippen LogP contribution in [-0.4, -0.2) is 123 Å². The Morgan fingerprint density at radius 3 is 2.46 bits per heavy atom. The molecule has 1 aromatic carbocycles. The van der Waals surface area contributed by atoms with E-state index in [2.05, 4.69) is 34.4 Å². The predicted octanol–water partition coefficient (Wildman–Crippen LogP) is 2.64. The average molecular weight is 809 g/mol. The first-order valence-electron chi connectivity index (χ1n) is 18.0. The Morgan fingerprint density at radius 1 is 1.08 bits per heavy atom. The Labute approximate surface area is 306 Å². The van der Waals surface area contributed by atoms with Crippen molar-refractivity contribution in [3.05, 3.63) is 27.3 Å². The topological polar surface area (TPSA) is 144 Å². The number of likely N-dealkylation sites (tertiary alicyclic amines) is 1. The smallest absolute Gasteiger partial charge is 0.340 e. The second kappa shape index (κ2) is 11.9. The largest absolute Gasteiger partial charge is 0.461 e. The number of anilines is 1. The molecule has 5 saturated carbocycles. The van der Waals surface area contributed by atoms with E-state index in [-0.39, 0.29) is 84.5 Å². The van der Waals surface area contributed by atoms with Crippen LogP contribution in [0, 0.1) is 44.0 Å². The fourth-order valence-corrected chi connectivity index (χ4v) is 13.7. The minimum absolute atomic E-state index is 0.0324. The lowest BCUT2D eigenvalue weighted by molar-refractivity contribution is -0.320. The lowest BCUT2D eigenvalue weighted by Gasteiger charge is -2.70. The Balaban J connectivity index is 1.24. The van der Waals surface area contributed by atoms with Crippen molar-refractivity contribution in [1.82, 2.24) is 4.90 Å². The van der Waals surface area contributed by atoms with Crippen LogP contribution in [0.3, 0.4) is 0 Å². The van der Waals surface area contributed by atoms with Gasteiger partial charge in [0.05, 0.1) is 48.3 Å². The van der Waals surface area contributed by atoms with Crippen LogP contribution in [0.25, 0.3) is 0 Å². The number of aliphatic hydroxyl groups is 2. The Kier molecular flexibility index (Phi) is 8.40. The molecule has 2 heterocycles. The first-order chi connectivity index (χ1) is 23.8. The van der Waals surface area contributed by atoms with Gasteiger partial charge >= 0.3 is 5.97 Å². The zero-order valence-electron chi connectivity index (χ0n) is 29.6. The highest BCUT2D eigenvalue weighted by Crippen LogP contribution is 2.80. The van der Waals surface area contributed by atoms with Crippen LogP contribution < -0.4 is 4.90 Å². The number of fused-ring (bicyclic) bond motifs is 2. The van der Waals surface area contributed by atoms with Gasteiger partial charge in [-0.2, -0.15) is 0 Å². The fourth-order valence-electron chi connectivity index (χ4n) is 13.2. The van der Waals surface area contributed by atoms with Crippen LogP contribution >= 0.6 is 22.6 Å². The number of imide groups is 1. The van der Waals surface area contributed by atoms with Crippen molar-refractivity contribution in [2.45, 2.75) is 87.6 Å². The van der Waals surface area contributed by atoms with E-state index >= 15 is 0 Å². The van der Waals surface area contributed by atoms with E-state index in [0.29, 0.717) is 25.9 Å². The van der Waals surface area contributed by atoms with Gasteiger partial charge in [-0.05, 0) is 72.5 Å². The van der Waals surface area contributed by atoms with E-state index in [1.807, 2.05) is 0 Å². The maximum absolute atomic E-state index is 14.2. The minimum atomic E-state index is -1.70. The molecule has 2 amide bonds. The van der Waals surface area contributed by atoms with E-state index in [4.69, 9.17) is 23.7 Å². The predicted molar refractivity (Wildman–Crippen MR) is 187 cm³/mol. The van der Waals surface area contributed by atoms with Gasteiger partial charge in [0.15, 0.2) is 0 Å². The molecule has 7 bridgehead atoms. The van der Waals surface area contributed by atoms with Crippen LogP contribution in [0.4, 0.5) is 5.69 Å². The summed E-state index contributed by atoms with van der Waals surface area (Å²) in [6.45, 7) is 4.95. The molecule has 1 spiro atoms. The van der Waals surface area contributed by atoms with E-state index < -0.39 is 46.1 Å². The number of ether oxygens (including phenoxy) is 5. The van der Waals surface area contributed by atoms with Crippen LogP contribution in [0.15, 0.2) is 18.2 Å². The van der Waals surface area contributed by atoms with Gasteiger partial charge < -0.3 is 33.9 Å². The first-order valence-corrected chi connectivity index (χ1v) is 19.1. The number of likely N-dealkylation sites (N-methyl/N-ethyl adjacent to an activating group) is 1. The van der Waals surface area contributed by atoms with Crippen molar-refractivity contribution in [3.8, 4) is 0 Å². The molecule has 2 saturated heterocycles. The fraction of sp³-hybridized carbons (Fsp3) is 0.757. The summed E-state index contributed by atoms with van der Waals surface area (Å²) < 4.78 is 32.2. The summed E-state index contributed by atoms with van der Waals surface area (Å²) in [6, 6.07) is 4.59. The molecule has 2 aliphatic heterocycles. The third kappa shape index (κ3) is 4.09. The zero-order valence-corrected chi connectivity index (χ0v) is 31.8. The van der Waals surface area contributed by atoms with Crippen molar-refractivity contribution in [2.75, 3.05) is 53.0 Å². The van der Waals surface area contributed by atoms with E-state index in [9.17, 15) is 24.6 Å². The number of hydrogen-bond donors (Lipinski definition) is 2. The molecule has 274 valence electrons. The standard InChI is InChI=1S/C37H49IN2O10/c1-7-39-16-34(17-50-32(43)20-13-19(38)8-9-23(20)40-26(41)12-18(2)31(40)42)11-10-25(47-4)36-22-14-21-24(46-3)15-35(44,27(22)28(21)48-5)37(45,33(36)39)30(49-6)29(34)36/h8-9,13,18,21-22,24-25,27-30,33,44-45H,7,10-12,14-17H2,1-6H3/t18-,21+,22+,24-,25-,27+,28-,29+,30-,33-,34-,35+,36-,37-/m0/s1. The van der Waals surface area contributed by atoms with Gasteiger partial charge in [-0.15, -0.1) is 0 Å². The third-order valence-electron chi connectivity index (χ3n) is 14.6. The number of carbonyl (C=O) groups is 3. The van der Waals surface area contributed by atoms with Crippen molar-refractivity contribution in [2.24, 2.45) is 40.4 Å². The number of carbonyl (C=O) groups excluding carboxylic acids is 3. The lowest BCUT2D eigenvalue weighted by Crippen LogP contribution is -2.82. The van der Waals surface area contributed by atoms with E-state index in [0.717, 1.165) is 14.9 Å². The van der Waals surface area contributed by atoms with Crippen molar-refractivity contribution < 1.29 is 48.3 Å². The number of halogens is 1. The maximum atomic E-state index is 14.2. The van der Waals surface area contributed by atoms with E-state index in [1.165, 1.54) is 0 Å². The average Bonchev–Trinajstić information content (AvgIpc) is 3.63.